The summed E-state index contributed by atoms with van der Waals surface area (Å²) in [6.07, 6.45) is -0.144. The molecule has 2 atom stereocenters. The predicted molar refractivity (Wildman–Crippen MR) is 74.8 cm³/mol. The Morgan fingerprint density at radius 1 is 1.70 bits per heavy atom. The van der Waals surface area contributed by atoms with Crippen molar-refractivity contribution in [2.24, 2.45) is 0 Å². The molecule has 1 saturated heterocycles. The van der Waals surface area contributed by atoms with Crippen LogP contribution in [0.4, 0.5) is 0 Å². The Labute approximate surface area is 122 Å². The highest BCUT2D eigenvalue weighted by atomic mass is 32.1. The Kier molecular flexibility index (Phi) is 5.47. The number of thiazole rings is 1. The highest BCUT2D eigenvalue weighted by Crippen LogP contribution is 2.17. The van der Waals surface area contributed by atoms with E-state index in [0.717, 1.165) is 5.69 Å². The Balaban J connectivity index is 1.97. The van der Waals surface area contributed by atoms with Crippen LogP contribution in [-0.4, -0.2) is 59.5 Å². The minimum Gasteiger partial charge on any atom is -0.461 e. The maximum absolute atomic E-state index is 11.6. The van der Waals surface area contributed by atoms with E-state index in [9.17, 15) is 9.90 Å². The number of aliphatic hydroxyl groups is 1. The summed E-state index contributed by atoms with van der Waals surface area (Å²) in [5.41, 5.74) is 0.850. The molecule has 1 aromatic heterocycles. The predicted octanol–water partition coefficient (Wildman–Crippen LogP) is 0.901. The first-order valence-electron chi connectivity index (χ1n) is 6.72. The van der Waals surface area contributed by atoms with Gasteiger partial charge in [-0.05, 0) is 13.8 Å². The van der Waals surface area contributed by atoms with Crippen LogP contribution < -0.4 is 0 Å². The second-order valence-corrected chi connectivity index (χ2v) is 5.64. The van der Waals surface area contributed by atoms with Crippen molar-refractivity contribution in [2.45, 2.75) is 32.5 Å². The molecule has 1 aliphatic heterocycles. The van der Waals surface area contributed by atoms with E-state index in [1.54, 1.807) is 6.92 Å². The summed E-state index contributed by atoms with van der Waals surface area (Å²) >= 11 is 1.30. The van der Waals surface area contributed by atoms with Gasteiger partial charge in [0, 0.05) is 24.5 Å². The van der Waals surface area contributed by atoms with Gasteiger partial charge in [-0.2, -0.15) is 0 Å². The third-order valence-electron chi connectivity index (χ3n) is 3.21. The van der Waals surface area contributed by atoms with Crippen molar-refractivity contribution >= 4 is 17.3 Å². The number of hydrogen-bond donors (Lipinski definition) is 1. The Hall–Kier alpha value is -1.02. The molecule has 0 aromatic carbocycles. The summed E-state index contributed by atoms with van der Waals surface area (Å²) in [5.74, 6) is -0.369. The van der Waals surface area contributed by atoms with Crippen LogP contribution in [-0.2, 0) is 16.0 Å². The molecule has 112 valence electrons. The number of aliphatic hydroxyl groups excluding tert-OH is 1. The van der Waals surface area contributed by atoms with E-state index in [2.05, 4.69) is 16.8 Å². The van der Waals surface area contributed by atoms with Crippen LogP contribution in [0.3, 0.4) is 0 Å². The topological polar surface area (TPSA) is 71.9 Å². The molecule has 1 aliphatic rings. The van der Waals surface area contributed by atoms with E-state index in [1.807, 2.05) is 5.38 Å². The zero-order chi connectivity index (χ0) is 14.5. The van der Waals surface area contributed by atoms with Gasteiger partial charge in [0.2, 0.25) is 5.01 Å². The fourth-order valence-electron chi connectivity index (χ4n) is 2.08. The first kappa shape index (κ1) is 15.4. The number of aromatic nitrogens is 1. The van der Waals surface area contributed by atoms with E-state index in [4.69, 9.17) is 9.47 Å². The van der Waals surface area contributed by atoms with E-state index in [0.29, 0.717) is 31.3 Å². The maximum Gasteiger partial charge on any atom is 0.367 e. The average Bonchev–Trinajstić information content (AvgIpc) is 2.90. The average molecular weight is 300 g/mol. The van der Waals surface area contributed by atoms with Crippen LogP contribution in [0.15, 0.2) is 5.38 Å². The number of morpholine rings is 1. The van der Waals surface area contributed by atoms with E-state index in [-0.39, 0.29) is 24.7 Å². The van der Waals surface area contributed by atoms with Crippen molar-refractivity contribution < 1.29 is 19.4 Å². The first-order chi connectivity index (χ1) is 9.63. The van der Waals surface area contributed by atoms with Crippen molar-refractivity contribution in [2.75, 3.05) is 26.4 Å². The molecule has 2 rings (SSSR count). The van der Waals surface area contributed by atoms with Gasteiger partial charge in [0.15, 0.2) is 0 Å². The molecular weight excluding hydrogens is 280 g/mol. The van der Waals surface area contributed by atoms with Gasteiger partial charge in [0.05, 0.1) is 31.6 Å². The molecule has 7 heteroatoms. The zero-order valence-electron chi connectivity index (χ0n) is 11.7. The molecule has 20 heavy (non-hydrogen) atoms. The van der Waals surface area contributed by atoms with Gasteiger partial charge < -0.3 is 14.6 Å². The van der Waals surface area contributed by atoms with Crippen LogP contribution in [0.5, 0.6) is 0 Å². The molecular formula is C13H20N2O4S. The van der Waals surface area contributed by atoms with Crippen LogP contribution >= 0.6 is 11.3 Å². The summed E-state index contributed by atoms with van der Waals surface area (Å²) < 4.78 is 10.4. The molecule has 2 unspecified atom stereocenters. The van der Waals surface area contributed by atoms with Gasteiger partial charge in [-0.1, -0.05) is 0 Å². The molecule has 1 fully saturated rings. The van der Waals surface area contributed by atoms with Crippen LogP contribution in [0.25, 0.3) is 0 Å². The largest absolute Gasteiger partial charge is 0.461 e. The van der Waals surface area contributed by atoms with Gasteiger partial charge in [0.1, 0.15) is 0 Å². The number of esters is 1. The van der Waals surface area contributed by atoms with Gasteiger partial charge in [-0.25, -0.2) is 9.78 Å². The Bertz CT molecular complexity index is 451. The van der Waals surface area contributed by atoms with Gasteiger partial charge in [0.25, 0.3) is 0 Å². The molecule has 6 nitrogen and oxygen atoms in total. The number of carbonyl (C=O) groups excluding carboxylic acids is 1. The minimum atomic E-state index is -0.369. The van der Waals surface area contributed by atoms with Crippen molar-refractivity contribution in [3.05, 3.63) is 16.1 Å². The van der Waals surface area contributed by atoms with E-state index in [1.165, 1.54) is 11.3 Å². The lowest BCUT2D eigenvalue weighted by molar-refractivity contribution is -0.0808. The summed E-state index contributed by atoms with van der Waals surface area (Å²) in [6.45, 7) is 6.14. The maximum atomic E-state index is 11.6. The Morgan fingerprint density at radius 3 is 3.20 bits per heavy atom. The molecule has 0 radical (unpaired) electrons. The third-order valence-corrected chi connectivity index (χ3v) is 4.08. The second-order valence-electron chi connectivity index (χ2n) is 4.78. The summed E-state index contributed by atoms with van der Waals surface area (Å²) in [7, 11) is 0. The molecule has 1 N–H and O–H groups in total. The standard InChI is InChI=1S/C13H20N2O4S/c1-3-18-13(17)12-14-10(8-20-12)4-15-5-11(6-16)19-7-9(15)2/h8-9,11,16H,3-7H2,1-2H3. The first-order valence-corrected chi connectivity index (χ1v) is 7.60. The van der Waals surface area contributed by atoms with Crippen LogP contribution in [0.1, 0.15) is 29.3 Å². The fraction of sp³-hybridized carbons (Fsp3) is 0.692. The smallest absolute Gasteiger partial charge is 0.367 e. The third kappa shape index (κ3) is 3.76. The minimum absolute atomic E-state index is 0.0222. The van der Waals surface area contributed by atoms with E-state index < -0.39 is 0 Å². The highest BCUT2D eigenvalue weighted by Gasteiger charge is 2.26. The fourth-order valence-corrected chi connectivity index (χ4v) is 2.78. The van der Waals surface area contributed by atoms with Gasteiger partial charge in [-0.3, -0.25) is 4.90 Å². The molecule has 1 aromatic rings. The number of ether oxygens (including phenoxy) is 2. The Morgan fingerprint density at radius 2 is 2.50 bits per heavy atom. The van der Waals surface area contributed by atoms with Crippen molar-refractivity contribution in [3.8, 4) is 0 Å². The number of nitrogens with zero attached hydrogens (tertiary/aromatic N) is 2. The number of hydrogen-bond acceptors (Lipinski definition) is 7. The summed E-state index contributed by atoms with van der Waals surface area (Å²) in [5, 5.41) is 11.4. The number of carbonyl (C=O) groups is 1. The van der Waals surface area contributed by atoms with E-state index >= 15 is 0 Å². The normalized spacial score (nSPS) is 23.8. The monoisotopic (exact) mass is 300 g/mol. The van der Waals surface area contributed by atoms with Gasteiger partial charge in [-0.15, -0.1) is 11.3 Å². The molecule has 0 spiro atoms. The van der Waals surface area contributed by atoms with Crippen molar-refractivity contribution in [3.63, 3.8) is 0 Å². The van der Waals surface area contributed by atoms with Crippen molar-refractivity contribution in [1.82, 2.24) is 9.88 Å². The summed E-state index contributed by atoms with van der Waals surface area (Å²) in [4.78, 5) is 18.1. The van der Waals surface area contributed by atoms with Crippen molar-refractivity contribution in [1.29, 1.82) is 0 Å². The lowest BCUT2D eigenvalue weighted by atomic mass is 10.2. The lowest BCUT2D eigenvalue weighted by Crippen LogP contribution is -2.48. The van der Waals surface area contributed by atoms with Crippen LogP contribution in [0.2, 0.25) is 0 Å². The molecule has 0 amide bonds. The van der Waals surface area contributed by atoms with Crippen LogP contribution in [0, 0.1) is 0 Å². The molecule has 0 saturated carbocycles. The van der Waals surface area contributed by atoms with Gasteiger partial charge >= 0.3 is 5.97 Å². The lowest BCUT2D eigenvalue weighted by Gasteiger charge is -2.36. The highest BCUT2D eigenvalue weighted by molar-refractivity contribution is 7.11. The zero-order valence-corrected chi connectivity index (χ0v) is 12.6. The quantitative estimate of drug-likeness (QED) is 0.815. The number of rotatable bonds is 5. The SMILES string of the molecule is CCOC(=O)c1nc(CN2CC(CO)OCC2C)cs1. The molecule has 2 heterocycles. The second kappa shape index (κ2) is 7.12. The molecule has 0 bridgehead atoms. The molecule has 0 aliphatic carbocycles. The summed E-state index contributed by atoms with van der Waals surface area (Å²) in [6, 6.07) is 0.269.